The fraction of sp³-hybridized carbons (Fsp3) is 0.333. The van der Waals surface area contributed by atoms with Crippen LogP contribution in [0.2, 0.25) is 0 Å². The van der Waals surface area contributed by atoms with E-state index >= 15 is 0 Å². The number of halogens is 3. The Bertz CT molecular complexity index is 923. The van der Waals surface area contributed by atoms with Gasteiger partial charge in [0, 0.05) is 12.4 Å². The van der Waals surface area contributed by atoms with Crippen molar-refractivity contribution in [2.45, 2.75) is 37.6 Å². The molecule has 1 N–H and O–H groups in total. The summed E-state index contributed by atoms with van der Waals surface area (Å²) in [7, 11) is 0. The molecule has 1 aliphatic carbocycles. The van der Waals surface area contributed by atoms with Gasteiger partial charge in [-0.3, -0.25) is 0 Å². The molecule has 0 unspecified atom stereocenters. The summed E-state index contributed by atoms with van der Waals surface area (Å²) >= 11 is 0. The largest absolute Gasteiger partial charge is 0.415 e. The molecule has 140 valence electrons. The van der Waals surface area contributed by atoms with Gasteiger partial charge in [0.15, 0.2) is 0 Å². The van der Waals surface area contributed by atoms with Crippen LogP contribution in [0.5, 0.6) is 0 Å². The molecule has 0 aliphatic heterocycles. The molecule has 27 heavy (non-hydrogen) atoms. The van der Waals surface area contributed by atoms with Crippen molar-refractivity contribution in [2.24, 2.45) is 0 Å². The molecule has 4 rings (SSSR count). The van der Waals surface area contributed by atoms with E-state index in [0.717, 1.165) is 31.2 Å². The second-order valence-corrected chi connectivity index (χ2v) is 6.47. The molecule has 0 bridgehead atoms. The van der Waals surface area contributed by atoms with Gasteiger partial charge in [0.05, 0.1) is 11.1 Å². The van der Waals surface area contributed by atoms with E-state index in [1.807, 2.05) is 6.07 Å². The molecule has 1 aliphatic rings. The minimum absolute atomic E-state index is 0.0717. The van der Waals surface area contributed by atoms with Crippen molar-refractivity contribution in [1.82, 2.24) is 20.2 Å². The Kier molecular flexibility index (Phi) is 4.51. The number of nitrogens with one attached hydrogen (secondary N) is 1. The summed E-state index contributed by atoms with van der Waals surface area (Å²) in [5.41, 5.74) is 0.758. The fourth-order valence-corrected chi connectivity index (χ4v) is 3.41. The van der Waals surface area contributed by atoms with Crippen LogP contribution in [-0.2, 0) is 5.54 Å². The van der Waals surface area contributed by atoms with Gasteiger partial charge in [0.1, 0.15) is 5.82 Å². The van der Waals surface area contributed by atoms with Crippen LogP contribution in [0.3, 0.4) is 0 Å². The van der Waals surface area contributed by atoms with Crippen LogP contribution in [0.15, 0.2) is 41.1 Å². The van der Waals surface area contributed by atoms with Gasteiger partial charge in [-0.05, 0) is 30.5 Å². The van der Waals surface area contributed by atoms with Crippen LogP contribution in [0.25, 0.3) is 11.5 Å². The average Bonchev–Trinajstić information content (AvgIpc) is 3.33. The van der Waals surface area contributed by atoms with E-state index in [9.17, 15) is 13.2 Å². The van der Waals surface area contributed by atoms with Crippen molar-refractivity contribution in [3.05, 3.63) is 53.9 Å². The lowest BCUT2D eigenvalue weighted by atomic mass is 9.88. The highest BCUT2D eigenvalue weighted by Crippen LogP contribution is 2.41. The second-order valence-electron chi connectivity index (χ2n) is 6.47. The van der Waals surface area contributed by atoms with Crippen molar-refractivity contribution in [2.75, 3.05) is 5.32 Å². The maximum absolute atomic E-state index is 13.7. The van der Waals surface area contributed by atoms with Crippen LogP contribution in [-0.4, -0.2) is 20.2 Å². The Morgan fingerprint density at radius 3 is 2.44 bits per heavy atom. The lowest BCUT2D eigenvalue weighted by molar-refractivity contribution is 0.116. The van der Waals surface area contributed by atoms with Crippen LogP contribution >= 0.6 is 0 Å². The fourth-order valence-electron chi connectivity index (χ4n) is 3.41. The zero-order chi connectivity index (χ0) is 18.9. The molecule has 0 radical (unpaired) electrons. The number of nitrogens with zero attached hydrogens (tertiary/aromatic N) is 4. The predicted octanol–water partition coefficient (Wildman–Crippen LogP) is 4.48. The molecule has 2 heterocycles. The van der Waals surface area contributed by atoms with Crippen LogP contribution in [0.4, 0.5) is 19.1 Å². The van der Waals surface area contributed by atoms with Crippen molar-refractivity contribution in [3.63, 3.8) is 0 Å². The highest BCUT2D eigenvalue weighted by atomic mass is 19.3. The van der Waals surface area contributed by atoms with Gasteiger partial charge in [-0.25, -0.2) is 14.4 Å². The zero-order valence-corrected chi connectivity index (χ0v) is 14.2. The lowest BCUT2D eigenvalue weighted by Crippen LogP contribution is -2.33. The number of rotatable bonds is 5. The number of hydrogen-bond acceptors (Lipinski definition) is 6. The number of aromatic nitrogens is 4. The van der Waals surface area contributed by atoms with Gasteiger partial charge in [0.2, 0.25) is 5.95 Å². The van der Waals surface area contributed by atoms with E-state index in [4.69, 9.17) is 4.42 Å². The molecule has 1 aromatic carbocycles. The summed E-state index contributed by atoms with van der Waals surface area (Å²) < 4.78 is 43.7. The second kappa shape index (κ2) is 6.98. The maximum Gasteiger partial charge on any atom is 0.314 e. The zero-order valence-electron chi connectivity index (χ0n) is 14.2. The molecule has 1 fully saturated rings. The van der Waals surface area contributed by atoms with Crippen molar-refractivity contribution in [1.29, 1.82) is 0 Å². The Balaban J connectivity index is 1.57. The van der Waals surface area contributed by atoms with Crippen molar-refractivity contribution < 1.29 is 17.6 Å². The van der Waals surface area contributed by atoms with Crippen LogP contribution in [0.1, 0.15) is 43.6 Å². The van der Waals surface area contributed by atoms with E-state index in [0.29, 0.717) is 11.5 Å². The summed E-state index contributed by atoms with van der Waals surface area (Å²) in [4.78, 5) is 8.47. The van der Waals surface area contributed by atoms with E-state index in [-0.39, 0.29) is 11.7 Å². The summed E-state index contributed by atoms with van der Waals surface area (Å²) in [5.74, 6) is -0.748. The molecule has 0 saturated heterocycles. The highest BCUT2D eigenvalue weighted by molar-refractivity contribution is 5.51. The summed E-state index contributed by atoms with van der Waals surface area (Å²) in [6.07, 6.45) is 3.71. The number of anilines is 1. The molecule has 6 nitrogen and oxygen atoms in total. The molecule has 3 aromatic rings. The van der Waals surface area contributed by atoms with Gasteiger partial charge >= 0.3 is 6.43 Å². The lowest BCUT2D eigenvalue weighted by Gasteiger charge is -2.31. The monoisotopic (exact) mass is 375 g/mol. The van der Waals surface area contributed by atoms with E-state index in [1.54, 1.807) is 6.07 Å². The quantitative estimate of drug-likeness (QED) is 0.708. The Hall–Kier alpha value is -2.97. The van der Waals surface area contributed by atoms with Crippen LogP contribution < -0.4 is 5.32 Å². The van der Waals surface area contributed by atoms with Crippen molar-refractivity contribution >= 4 is 5.95 Å². The third kappa shape index (κ3) is 3.49. The topological polar surface area (TPSA) is 76.7 Å². The Morgan fingerprint density at radius 1 is 1.07 bits per heavy atom. The normalized spacial score (nSPS) is 16.0. The molecular formula is C18H16F3N5O. The standard InChI is InChI=1S/C18H16F3N5O/c19-13-5-3-4-12(8-13)18(6-1-2-7-18)24-17-22-9-11(10-23-17)15-25-26-16(27-15)14(20)21/h3-5,8-10,14H,1-2,6-7H2,(H,22,23,24). The molecule has 0 amide bonds. The molecule has 2 aromatic heterocycles. The number of hydrogen-bond donors (Lipinski definition) is 1. The molecule has 0 atom stereocenters. The van der Waals surface area contributed by atoms with Gasteiger partial charge in [0.25, 0.3) is 11.8 Å². The van der Waals surface area contributed by atoms with E-state index in [1.165, 1.54) is 24.5 Å². The summed E-state index contributed by atoms with van der Waals surface area (Å²) in [6.45, 7) is 0. The smallest absolute Gasteiger partial charge is 0.314 e. The van der Waals surface area contributed by atoms with E-state index < -0.39 is 17.9 Å². The molecule has 9 heteroatoms. The van der Waals surface area contributed by atoms with Gasteiger partial charge in [-0.2, -0.15) is 8.78 Å². The van der Waals surface area contributed by atoms with Gasteiger partial charge in [-0.15, -0.1) is 10.2 Å². The maximum atomic E-state index is 13.7. The first-order valence-corrected chi connectivity index (χ1v) is 8.54. The Labute approximate surface area is 152 Å². The predicted molar refractivity (Wildman–Crippen MR) is 90.4 cm³/mol. The van der Waals surface area contributed by atoms with Gasteiger partial charge < -0.3 is 9.73 Å². The SMILES string of the molecule is Fc1cccc(C2(Nc3ncc(-c4nnc(C(F)F)o4)cn3)CCCC2)c1. The Morgan fingerprint density at radius 2 is 1.81 bits per heavy atom. The minimum atomic E-state index is -2.83. The number of benzene rings is 1. The third-order valence-corrected chi connectivity index (χ3v) is 4.71. The van der Waals surface area contributed by atoms with E-state index in [2.05, 4.69) is 25.5 Å². The number of alkyl halides is 2. The molecule has 1 saturated carbocycles. The van der Waals surface area contributed by atoms with Crippen LogP contribution in [0, 0.1) is 5.82 Å². The minimum Gasteiger partial charge on any atom is -0.415 e. The van der Waals surface area contributed by atoms with Crippen molar-refractivity contribution in [3.8, 4) is 11.5 Å². The first-order chi connectivity index (χ1) is 13.1. The third-order valence-electron chi connectivity index (χ3n) is 4.71. The molecular weight excluding hydrogens is 359 g/mol. The van der Waals surface area contributed by atoms with Gasteiger partial charge in [-0.1, -0.05) is 25.0 Å². The molecule has 0 spiro atoms. The average molecular weight is 375 g/mol. The highest BCUT2D eigenvalue weighted by Gasteiger charge is 2.36. The summed E-state index contributed by atoms with van der Waals surface area (Å²) in [6, 6.07) is 6.51. The first-order valence-electron chi connectivity index (χ1n) is 8.54. The first kappa shape index (κ1) is 17.4. The summed E-state index contributed by atoms with van der Waals surface area (Å²) in [5, 5.41) is 10.2.